The van der Waals surface area contributed by atoms with Gasteiger partial charge in [-0.3, -0.25) is 9.48 Å². The largest absolute Gasteiger partial charge is 0.326 e. The van der Waals surface area contributed by atoms with E-state index in [0.29, 0.717) is 0 Å². The number of aromatic nitrogens is 5. The number of amides is 1. The number of carbonyl (C=O) groups is 1. The van der Waals surface area contributed by atoms with Crippen LogP contribution >= 0.6 is 0 Å². The van der Waals surface area contributed by atoms with Crippen LogP contribution in [0, 0.1) is 12.8 Å². The number of hydrogen-bond acceptors (Lipinski definition) is 4. The normalized spacial score (nSPS) is 20.8. The maximum atomic E-state index is 12.8. The minimum absolute atomic E-state index is 0.0200. The SMILES string of the molecule is Cc1ccc(-c2nnc3n2CCCCC3)cc1NC(=O)C1CC1c1cnn(C)c1. The minimum atomic E-state index is 0.0200. The Kier molecular flexibility index (Phi) is 4.45. The number of nitrogens with zero attached hydrogens (tertiary/aromatic N) is 5. The van der Waals surface area contributed by atoms with Gasteiger partial charge in [0.1, 0.15) is 5.82 Å². The zero-order valence-corrected chi connectivity index (χ0v) is 16.9. The van der Waals surface area contributed by atoms with Crippen molar-refractivity contribution in [3.05, 3.63) is 47.5 Å². The van der Waals surface area contributed by atoms with Crippen LogP contribution in [0.15, 0.2) is 30.6 Å². The lowest BCUT2D eigenvalue weighted by molar-refractivity contribution is -0.117. The molecule has 2 atom stereocenters. The fraction of sp³-hybridized carbons (Fsp3) is 0.455. The quantitative estimate of drug-likeness (QED) is 0.740. The number of fused-ring (bicyclic) bond motifs is 1. The molecule has 1 aliphatic heterocycles. The highest BCUT2D eigenvalue weighted by Crippen LogP contribution is 2.48. The van der Waals surface area contributed by atoms with Crippen molar-refractivity contribution in [3.63, 3.8) is 0 Å². The van der Waals surface area contributed by atoms with Gasteiger partial charge in [-0.05, 0) is 49.3 Å². The van der Waals surface area contributed by atoms with E-state index in [-0.39, 0.29) is 17.7 Å². The zero-order valence-electron chi connectivity index (χ0n) is 16.9. The fourth-order valence-electron chi connectivity index (χ4n) is 4.30. The molecule has 7 nitrogen and oxygen atoms in total. The number of nitrogens with one attached hydrogen (secondary N) is 1. The van der Waals surface area contributed by atoms with Gasteiger partial charge in [-0.25, -0.2) is 0 Å². The van der Waals surface area contributed by atoms with E-state index in [9.17, 15) is 4.79 Å². The highest BCUT2D eigenvalue weighted by Gasteiger charge is 2.44. The van der Waals surface area contributed by atoms with Crippen molar-refractivity contribution in [1.82, 2.24) is 24.5 Å². The summed E-state index contributed by atoms with van der Waals surface area (Å²) in [6, 6.07) is 6.16. The van der Waals surface area contributed by atoms with E-state index in [1.807, 2.05) is 32.4 Å². The highest BCUT2D eigenvalue weighted by atomic mass is 16.2. The first-order valence-electron chi connectivity index (χ1n) is 10.4. The summed E-state index contributed by atoms with van der Waals surface area (Å²) in [6.45, 7) is 2.98. The van der Waals surface area contributed by atoms with Gasteiger partial charge in [0.25, 0.3) is 0 Å². The van der Waals surface area contributed by atoms with E-state index in [2.05, 4.69) is 37.3 Å². The number of carbonyl (C=O) groups excluding carboxylic acids is 1. The van der Waals surface area contributed by atoms with Gasteiger partial charge in [0, 0.05) is 43.4 Å². The number of rotatable bonds is 4. The second-order valence-corrected chi connectivity index (χ2v) is 8.32. The molecular weight excluding hydrogens is 364 g/mol. The molecule has 29 heavy (non-hydrogen) atoms. The Balaban J connectivity index is 1.35. The van der Waals surface area contributed by atoms with E-state index in [1.54, 1.807) is 4.68 Å². The average Bonchev–Trinajstić information content (AvgIpc) is 3.33. The summed E-state index contributed by atoms with van der Waals surface area (Å²) in [6.07, 6.45) is 9.30. The van der Waals surface area contributed by atoms with Gasteiger partial charge in [-0.2, -0.15) is 5.10 Å². The van der Waals surface area contributed by atoms with E-state index >= 15 is 0 Å². The molecule has 1 aromatic carbocycles. The van der Waals surface area contributed by atoms with Crippen molar-refractivity contribution in [2.45, 2.75) is 51.5 Å². The smallest absolute Gasteiger partial charge is 0.228 e. The molecule has 0 bridgehead atoms. The molecule has 1 aliphatic carbocycles. The Hall–Kier alpha value is -2.96. The van der Waals surface area contributed by atoms with Crippen molar-refractivity contribution >= 4 is 11.6 Å². The fourth-order valence-corrected chi connectivity index (χ4v) is 4.30. The van der Waals surface area contributed by atoms with Crippen LogP contribution in [0.25, 0.3) is 11.4 Å². The monoisotopic (exact) mass is 390 g/mol. The van der Waals surface area contributed by atoms with Crippen molar-refractivity contribution in [3.8, 4) is 11.4 Å². The van der Waals surface area contributed by atoms with Gasteiger partial charge < -0.3 is 9.88 Å². The first-order valence-corrected chi connectivity index (χ1v) is 10.4. The van der Waals surface area contributed by atoms with Gasteiger partial charge >= 0.3 is 0 Å². The predicted octanol–water partition coefficient (Wildman–Crippen LogP) is 3.46. The Labute approximate surface area is 170 Å². The van der Waals surface area contributed by atoms with Gasteiger partial charge in [0.2, 0.25) is 5.91 Å². The third kappa shape index (κ3) is 3.45. The zero-order chi connectivity index (χ0) is 20.0. The first-order chi connectivity index (χ1) is 14.1. The predicted molar refractivity (Wildman–Crippen MR) is 110 cm³/mol. The minimum Gasteiger partial charge on any atom is -0.326 e. The summed E-state index contributed by atoms with van der Waals surface area (Å²) in [5.74, 6) is 2.35. The molecular formula is C22H26N6O. The summed E-state index contributed by atoms with van der Waals surface area (Å²) in [5, 5.41) is 16.2. The number of benzene rings is 1. The summed E-state index contributed by atoms with van der Waals surface area (Å²) in [7, 11) is 1.90. The summed E-state index contributed by atoms with van der Waals surface area (Å²) in [5.41, 5.74) is 4.06. The summed E-state index contributed by atoms with van der Waals surface area (Å²) >= 11 is 0. The van der Waals surface area contributed by atoms with E-state index in [1.165, 1.54) is 12.8 Å². The number of anilines is 1. The Morgan fingerprint density at radius 3 is 2.93 bits per heavy atom. The topological polar surface area (TPSA) is 77.6 Å². The van der Waals surface area contributed by atoms with Crippen molar-refractivity contribution in [2.24, 2.45) is 13.0 Å². The number of hydrogen-bond donors (Lipinski definition) is 1. The molecule has 3 heterocycles. The molecule has 150 valence electrons. The molecule has 3 aromatic rings. The van der Waals surface area contributed by atoms with Gasteiger partial charge in [-0.15, -0.1) is 10.2 Å². The van der Waals surface area contributed by atoms with Crippen molar-refractivity contribution < 1.29 is 4.79 Å². The van der Waals surface area contributed by atoms with Gasteiger partial charge in [0.05, 0.1) is 6.20 Å². The van der Waals surface area contributed by atoms with E-state index < -0.39 is 0 Å². The lowest BCUT2D eigenvalue weighted by Gasteiger charge is -2.12. The highest BCUT2D eigenvalue weighted by molar-refractivity contribution is 5.96. The molecule has 2 unspecified atom stereocenters. The molecule has 1 fully saturated rings. The number of aryl methyl sites for hydroxylation is 3. The Morgan fingerprint density at radius 1 is 1.21 bits per heavy atom. The molecule has 0 radical (unpaired) electrons. The van der Waals surface area contributed by atoms with Gasteiger partial charge in [0.15, 0.2) is 5.82 Å². The second kappa shape index (κ2) is 7.13. The van der Waals surface area contributed by atoms with Crippen LogP contribution in [0.5, 0.6) is 0 Å². The first kappa shape index (κ1) is 18.1. The lowest BCUT2D eigenvalue weighted by Crippen LogP contribution is -2.15. The molecule has 2 aromatic heterocycles. The van der Waals surface area contributed by atoms with Crippen LogP contribution in [-0.4, -0.2) is 30.5 Å². The van der Waals surface area contributed by atoms with E-state index in [4.69, 9.17) is 0 Å². The third-order valence-corrected chi connectivity index (χ3v) is 6.14. The summed E-state index contributed by atoms with van der Waals surface area (Å²) < 4.78 is 4.03. The van der Waals surface area contributed by atoms with Crippen LogP contribution in [0.2, 0.25) is 0 Å². The molecule has 2 aliphatic rings. The van der Waals surface area contributed by atoms with Crippen LogP contribution in [-0.2, 0) is 24.8 Å². The van der Waals surface area contributed by atoms with E-state index in [0.717, 1.165) is 59.8 Å². The molecule has 0 spiro atoms. The standard InChI is InChI=1S/C22H26N6O/c1-14-7-8-15(21-26-25-20-6-4-3-5-9-28(20)21)10-19(14)24-22(29)18-11-17(18)16-12-23-27(2)13-16/h7-8,10,12-13,17-18H,3-6,9,11H2,1-2H3,(H,24,29). The molecule has 0 saturated heterocycles. The molecule has 1 N–H and O–H groups in total. The van der Waals surface area contributed by atoms with Crippen molar-refractivity contribution in [2.75, 3.05) is 5.32 Å². The molecule has 7 heteroatoms. The second-order valence-electron chi connectivity index (χ2n) is 8.32. The lowest BCUT2D eigenvalue weighted by atomic mass is 10.1. The van der Waals surface area contributed by atoms with Crippen LogP contribution in [0.1, 0.15) is 48.6 Å². The Morgan fingerprint density at radius 2 is 2.10 bits per heavy atom. The van der Waals surface area contributed by atoms with Crippen LogP contribution in [0.4, 0.5) is 5.69 Å². The third-order valence-electron chi connectivity index (χ3n) is 6.14. The van der Waals surface area contributed by atoms with Gasteiger partial charge in [-0.1, -0.05) is 18.6 Å². The Bertz CT molecular complexity index is 1070. The average molecular weight is 390 g/mol. The molecule has 5 rings (SSSR count). The van der Waals surface area contributed by atoms with Crippen LogP contribution < -0.4 is 5.32 Å². The van der Waals surface area contributed by atoms with Crippen LogP contribution in [0.3, 0.4) is 0 Å². The summed E-state index contributed by atoms with van der Waals surface area (Å²) in [4.78, 5) is 12.8. The maximum Gasteiger partial charge on any atom is 0.228 e. The molecule has 1 amide bonds. The maximum absolute atomic E-state index is 12.8. The van der Waals surface area contributed by atoms with Crippen molar-refractivity contribution in [1.29, 1.82) is 0 Å². The molecule has 1 saturated carbocycles.